The number of amides is 2. The first-order valence-corrected chi connectivity index (χ1v) is 8.14. The average Bonchev–Trinajstić information content (AvgIpc) is 3.13. The summed E-state index contributed by atoms with van der Waals surface area (Å²) in [5.74, 6) is 1.11. The Kier molecular flexibility index (Phi) is 4.17. The summed E-state index contributed by atoms with van der Waals surface area (Å²) < 4.78 is 0. The van der Waals surface area contributed by atoms with Gasteiger partial charge in [0.25, 0.3) is 5.24 Å². The third-order valence-corrected chi connectivity index (χ3v) is 5.13. The minimum atomic E-state index is -0.379. The molecule has 2 amide bonds. The Bertz CT molecular complexity index is 537. The number of benzene rings is 1. The highest BCUT2D eigenvalue weighted by Gasteiger charge is 2.39. The van der Waals surface area contributed by atoms with E-state index >= 15 is 0 Å². The maximum Gasteiger partial charge on any atom is 0.279 e. The second-order valence-corrected chi connectivity index (χ2v) is 6.54. The largest absolute Gasteiger partial charge is 0.340 e. The molecule has 2 saturated heterocycles. The quantitative estimate of drug-likeness (QED) is 0.874. The Morgan fingerprint density at radius 3 is 2.71 bits per heavy atom. The lowest BCUT2D eigenvalue weighted by Gasteiger charge is -2.20. The molecule has 0 aromatic heterocycles. The lowest BCUT2D eigenvalue weighted by molar-refractivity contribution is -0.131. The summed E-state index contributed by atoms with van der Waals surface area (Å²) in [6, 6.07) is 9.82. The van der Waals surface area contributed by atoms with Crippen molar-refractivity contribution >= 4 is 22.9 Å². The number of nitrogens with zero attached hydrogens (tertiary/aromatic N) is 1. The highest BCUT2D eigenvalue weighted by Crippen LogP contribution is 2.32. The van der Waals surface area contributed by atoms with Crippen molar-refractivity contribution in [2.45, 2.75) is 12.0 Å². The molecule has 5 nitrogen and oxygen atoms in total. The Labute approximate surface area is 128 Å². The van der Waals surface area contributed by atoms with Gasteiger partial charge in [0, 0.05) is 24.8 Å². The number of carbonyl (C=O) groups is 2. The minimum Gasteiger partial charge on any atom is -0.340 e. The van der Waals surface area contributed by atoms with E-state index in [9.17, 15) is 9.59 Å². The molecule has 2 fully saturated rings. The topological polar surface area (TPSA) is 75.4 Å². The van der Waals surface area contributed by atoms with Crippen molar-refractivity contribution < 1.29 is 9.59 Å². The van der Waals surface area contributed by atoms with Crippen molar-refractivity contribution in [1.29, 1.82) is 0 Å². The van der Waals surface area contributed by atoms with Crippen LogP contribution in [0.2, 0.25) is 0 Å². The highest BCUT2D eigenvalue weighted by molar-refractivity contribution is 8.14. The monoisotopic (exact) mass is 305 g/mol. The fraction of sp³-hybridized carbons (Fsp3) is 0.467. The molecule has 3 N–H and O–H groups in total. The standard InChI is InChI=1S/C15H19N3O2S/c16-6-11-7-18(14(19)13-9-21-15(20)17-13)8-12(11)10-4-2-1-3-5-10/h1-5,11-13H,6-9,16H2,(H,17,20)/t11-,12+,13+/m1/s1. The first-order chi connectivity index (χ1) is 10.2. The summed E-state index contributed by atoms with van der Waals surface area (Å²) in [6.45, 7) is 1.92. The number of nitrogens with one attached hydrogen (secondary N) is 1. The van der Waals surface area contributed by atoms with E-state index in [1.165, 1.54) is 17.3 Å². The van der Waals surface area contributed by atoms with Crippen molar-refractivity contribution in [2.24, 2.45) is 11.7 Å². The lowest BCUT2D eigenvalue weighted by Crippen LogP contribution is -2.44. The van der Waals surface area contributed by atoms with Crippen molar-refractivity contribution in [3.8, 4) is 0 Å². The third kappa shape index (κ3) is 2.91. The number of thioether (sulfide) groups is 1. The van der Waals surface area contributed by atoms with Gasteiger partial charge in [0.05, 0.1) is 0 Å². The number of hydrogen-bond acceptors (Lipinski definition) is 4. The summed E-state index contributed by atoms with van der Waals surface area (Å²) in [5, 5.41) is 2.61. The number of carbonyl (C=O) groups excluding carboxylic acids is 2. The molecule has 3 rings (SSSR count). The van der Waals surface area contributed by atoms with E-state index in [1.807, 2.05) is 23.1 Å². The van der Waals surface area contributed by atoms with Gasteiger partial charge in [-0.15, -0.1) is 0 Å². The van der Waals surface area contributed by atoms with Crippen LogP contribution in [0.4, 0.5) is 4.79 Å². The van der Waals surface area contributed by atoms with Crippen LogP contribution in [0.25, 0.3) is 0 Å². The molecule has 2 heterocycles. The summed E-state index contributed by atoms with van der Waals surface area (Å²) in [6.07, 6.45) is 0. The fourth-order valence-electron chi connectivity index (χ4n) is 3.11. The Morgan fingerprint density at radius 2 is 2.10 bits per heavy atom. The lowest BCUT2D eigenvalue weighted by atomic mass is 9.89. The molecule has 0 radical (unpaired) electrons. The van der Waals surface area contributed by atoms with Crippen LogP contribution in [0.15, 0.2) is 30.3 Å². The van der Waals surface area contributed by atoms with Crippen molar-refractivity contribution in [3.05, 3.63) is 35.9 Å². The van der Waals surface area contributed by atoms with E-state index in [-0.39, 0.29) is 29.0 Å². The van der Waals surface area contributed by atoms with Gasteiger partial charge >= 0.3 is 0 Å². The van der Waals surface area contributed by atoms with Crippen LogP contribution < -0.4 is 11.1 Å². The van der Waals surface area contributed by atoms with Gasteiger partial charge in [-0.05, 0) is 18.0 Å². The number of likely N-dealkylation sites (tertiary alicyclic amines) is 1. The summed E-state index contributed by atoms with van der Waals surface area (Å²) in [5.41, 5.74) is 7.12. The Hall–Kier alpha value is -1.53. The van der Waals surface area contributed by atoms with E-state index in [4.69, 9.17) is 5.73 Å². The van der Waals surface area contributed by atoms with E-state index in [0.717, 1.165) is 0 Å². The zero-order chi connectivity index (χ0) is 14.8. The summed E-state index contributed by atoms with van der Waals surface area (Å²) in [4.78, 5) is 25.6. The first-order valence-electron chi connectivity index (χ1n) is 7.16. The van der Waals surface area contributed by atoms with Crippen LogP contribution in [0.3, 0.4) is 0 Å². The van der Waals surface area contributed by atoms with Gasteiger partial charge < -0.3 is 16.0 Å². The van der Waals surface area contributed by atoms with Gasteiger partial charge in [0.15, 0.2) is 0 Å². The van der Waals surface area contributed by atoms with Crippen molar-refractivity contribution in [2.75, 3.05) is 25.4 Å². The van der Waals surface area contributed by atoms with Gasteiger partial charge in [0.1, 0.15) is 6.04 Å². The van der Waals surface area contributed by atoms with Crippen LogP contribution in [0.1, 0.15) is 11.5 Å². The smallest absolute Gasteiger partial charge is 0.279 e. The fourth-order valence-corrected chi connectivity index (χ4v) is 3.88. The Balaban J connectivity index is 1.72. The van der Waals surface area contributed by atoms with Crippen LogP contribution in [0.5, 0.6) is 0 Å². The third-order valence-electron chi connectivity index (χ3n) is 4.25. The predicted octanol–water partition coefficient (Wildman–Crippen LogP) is 1.01. The molecular formula is C15H19N3O2S. The van der Waals surface area contributed by atoms with E-state index in [2.05, 4.69) is 17.4 Å². The molecule has 21 heavy (non-hydrogen) atoms. The van der Waals surface area contributed by atoms with Crippen molar-refractivity contribution in [3.63, 3.8) is 0 Å². The van der Waals surface area contributed by atoms with Crippen LogP contribution in [-0.2, 0) is 4.79 Å². The van der Waals surface area contributed by atoms with E-state index in [0.29, 0.717) is 25.4 Å². The summed E-state index contributed by atoms with van der Waals surface area (Å²) >= 11 is 1.17. The average molecular weight is 305 g/mol. The molecule has 0 spiro atoms. The second kappa shape index (κ2) is 6.07. The maximum atomic E-state index is 12.5. The highest BCUT2D eigenvalue weighted by atomic mass is 32.2. The SMILES string of the molecule is NC[C@@H]1CN(C(=O)[C@@H]2CSC(=O)N2)C[C@H]1c1ccccc1. The van der Waals surface area contributed by atoms with Gasteiger partial charge in [-0.25, -0.2) is 0 Å². The van der Waals surface area contributed by atoms with Crippen LogP contribution in [-0.4, -0.2) is 47.5 Å². The molecule has 2 aliphatic rings. The van der Waals surface area contributed by atoms with E-state index < -0.39 is 0 Å². The van der Waals surface area contributed by atoms with Crippen LogP contribution >= 0.6 is 11.8 Å². The Morgan fingerprint density at radius 1 is 1.33 bits per heavy atom. The van der Waals surface area contributed by atoms with E-state index in [1.54, 1.807) is 0 Å². The molecule has 3 atom stereocenters. The number of hydrogen-bond donors (Lipinski definition) is 2. The summed E-state index contributed by atoms with van der Waals surface area (Å²) in [7, 11) is 0. The molecule has 0 bridgehead atoms. The van der Waals surface area contributed by atoms with Crippen molar-refractivity contribution in [1.82, 2.24) is 10.2 Å². The molecular weight excluding hydrogens is 286 g/mol. The number of rotatable bonds is 3. The first kappa shape index (κ1) is 14.4. The van der Waals surface area contributed by atoms with Gasteiger partial charge in [-0.3, -0.25) is 9.59 Å². The minimum absolute atomic E-state index is 0.0187. The molecule has 112 valence electrons. The van der Waals surface area contributed by atoms with Gasteiger partial charge in [-0.1, -0.05) is 42.1 Å². The molecule has 6 heteroatoms. The predicted molar refractivity (Wildman–Crippen MR) is 83.1 cm³/mol. The zero-order valence-corrected chi connectivity index (χ0v) is 12.5. The molecule has 2 aliphatic heterocycles. The molecule has 0 saturated carbocycles. The zero-order valence-electron chi connectivity index (χ0n) is 11.7. The molecule has 1 aromatic rings. The van der Waals surface area contributed by atoms with Crippen LogP contribution in [0, 0.1) is 5.92 Å². The second-order valence-electron chi connectivity index (χ2n) is 5.55. The normalized spacial score (nSPS) is 28.7. The number of nitrogens with two attached hydrogens (primary N) is 1. The maximum absolute atomic E-state index is 12.5. The van der Waals surface area contributed by atoms with Gasteiger partial charge in [0.2, 0.25) is 5.91 Å². The molecule has 1 aromatic carbocycles. The molecule has 0 unspecified atom stereocenters. The van der Waals surface area contributed by atoms with Gasteiger partial charge in [-0.2, -0.15) is 0 Å². The molecule has 0 aliphatic carbocycles.